The Hall–Kier alpha value is -2.62. The summed E-state index contributed by atoms with van der Waals surface area (Å²) in [4.78, 5) is 23.9. The molecule has 2 atom stereocenters. The highest BCUT2D eigenvalue weighted by molar-refractivity contribution is 6.01. The van der Waals surface area contributed by atoms with Gasteiger partial charge in [0.25, 0.3) is 0 Å². The lowest BCUT2D eigenvalue weighted by Crippen LogP contribution is -2.26. The van der Waals surface area contributed by atoms with Crippen LogP contribution in [0.2, 0.25) is 0 Å². The average Bonchev–Trinajstić information content (AvgIpc) is 2.99. The predicted octanol–water partition coefficient (Wildman–Crippen LogP) is -0.393. The predicted molar refractivity (Wildman–Crippen MR) is 82.7 cm³/mol. The first kappa shape index (κ1) is 17.2. The second-order valence-corrected chi connectivity index (χ2v) is 5.57. The summed E-state index contributed by atoms with van der Waals surface area (Å²) in [7, 11) is 1.33. The molecule has 4 N–H and O–H groups in total. The van der Waals surface area contributed by atoms with Crippen molar-refractivity contribution in [1.82, 2.24) is 0 Å². The van der Waals surface area contributed by atoms with Gasteiger partial charge in [-0.3, -0.25) is 0 Å². The molecule has 0 saturated carbocycles. The number of hydrogen-bond donors (Lipinski definition) is 4. The summed E-state index contributed by atoms with van der Waals surface area (Å²) in [6.45, 7) is -1.49. The van der Waals surface area contributed by atoms with Crippen molar-refractivity contribution in [2.45, 2.75) is 18.6 Å². The average molecular weight is 352 g/mol. The van der Waals surface area contributed by atoms with Gasteiger partial charge in [-0.2, -0.15) is 0 Å². The lowest BCUT2D eigenvalue weighted by atomic mass is 9.90. The topological polar surface area (TPSA) is 147 Å². The molecule has 1 aliphatic rings. The van der Waals surface area contributed by atoms with Gasteiger partial charge < -0.3 is 34.3 Å². The van der Waals surface area contributed by atoms with Gasteiger partial charge in [0.05, 0.1) is 31.8 Å². The number of esters is 1. The monoisotopic (exact) mass is 352 g/mol. The molecular formula is C16H16O9. The molecule has 0 radical (unpaired) electrons. The summed E-state index contributed by atoms with van der Waals surface area (Å²) < 4.78 is 15.3. The van der Waals surface area contributed by atoms with E-state index >= 15 is 0 Å². The van der Waals surface area contributed by atoms with Crippen LogP contribution in [0.3, 0.4) is 0 Å². The number of carbonyl (C=O) groups excluding carboxylic acids is 1. The molecule has 0 amide bonds. The first-order chi connectivity index (χ1) is 11.9. The van der Waals surface area contributed by atoms with Gasteiger partial charge >= 0.3 is 11.6 Å². The Morgan fingerprint density at radius 3 is 2.60 bits per heavy atom. The molecule has 9 nitrogen and oxygen atoms in total. The van der Waals surface area contributed by atoms with Crippen LogP contribution in [-0.4, -0.2) is 52.8 Å². The van der Waals surface area contributed by atoms with Gasteiger partial charge in [-0.1, -0.05) is 0 Å². The van der Waals surface area contributed by atoms with Crippen LogP contribution >= 0.6 is 0 Å². The van der Waals surface area contributed by atoms with Crippen LogP contribution in [-0.2, 0) is 11.3 Å². The summed E-state index contributed by atoms with van der Waals surface area (Å²) in [6, 6.07) is 1.22. The zero-order chi connectivity index (χ0) is 18.3. The molecule has 134 valence electrons. The standard InChI is InChI=1S/C16H16O9/c1-23-10-2-8(19)11(6(3-17)9(20)4-18)14-12(10)7-5-24-15(21)13(7)16(22)25-14/h2,6,9,17-20H,3-5H2,1H3. The smallest absolute Gasteiger partial charge is 0.351 e. The highest BCUT2D eigenvalue weighted by Crippen LogP contribution is 2.42. The fourth-order valence-electron chi connectivity index (χ4n) is 3.03. The fraction of sp³-hybridized carbons (Fsp3) is 0.375. The van der Waals surface area contributed by atoms with Crippen molar-refractivity contribution >= 4 is 16.9 Å². The summed E-state index contributed by atoms with van der Waals surface area (Å²) in [5.74, 6) is -2.22. The number of ether oxygens (including phenoxy) is 2. The van der Waals surface area contributed by atoms with Crippen LogP contribution in [0.1, 0.15) is 27.4 Å². The molecule has 3 rings (SSSR count). The molecule has 1 aromatic heterocycles. The number of fused-ring (bicyclic) bond motifs is 3. The Labute approximate surface area is 140 Å². The molecule has 2 heterocycles. The van der Waals surface area contributed by atoms with E-state index < -0.39 is 42.6 Å². The minimum Gasteiger partial charge on any atom is -0.507 e. The van der Waals surface area contributed by atoms with Crippen LogP contribution in [0.15, 0.2) is 15.3 Å². The van der Waals surface area contributed by atoms with E-state index in [9.17, 15) is 30.0 Å². The molecule has 0 aliphatic carbocycles. The van der Waals surface area contributed by atoms with Gasteiger partial charge in [-0.05, 0) is 0 Å². The highest BCUT2D eigenvalue weighted by atomic mass is 16.5. The maximum Gasteiger partial charge on any atom is 0.351 e. The number of carbonyl (C=O) groups is 1. The van der Waals surface area contributed by atoms with Crippen molar-refractivity contribution < 1.29 is 39.1 Å². The Bertz CT molecular complexity index is 899. The SMILES string of the molecule is COc1cc(O)c(C(CO)C(O)CO)c2oc(=O)c3c(c12)COC3=O. The van der Waals surface area contributed by atoms with Crippen molar-refractivity contribution in [3.8, 4) is 11.5 Å². The van der Waals surface area contributed by atoms with E-state index in [2.05, 4.69) is 0 Å². The first-order valence-corrected chi connectivity index (χ1v) is 7.41. The maximum absolute atomic E-state index is 12.2. The van der Waals surface area contributed by atoms with E-state index in [0.717, 1.165) is 0 Å². The zero-order valence-electron chi connectivity index (χ0n) is 13.2. The number of aliphatic hydroxyl groups excluding tert-OH is 3. The van der Waals surface area contributed by atoms with E-state index in [0.29, 0.717) is 0 Å². The van der Waals surface area contributed by atoms with E-state index in [1.54, 1.807) is 0 Å². The molecule has 9 heteroatoms. The number of phenolic OH excluding ortho intramolecular Hbond substituents is 1. The molecule has 0 fully saturated rings. The maximum atomic E-state index is 12.2. The molecule has 0 bridgehead atoms. The summed E-state index contributed by atoms with van der Waals surface area (Å²) in [5.41, 5.74) is -1.20. The third kappa shape index (κ3) is 2.53. The minimum atomic E-state index is -1.41. The van der Waals surface area contributed by atoms with Gasteiger partial charge in [0.15, 0.2) is 5.56 Å². The van der Waals surface area contributed by atoms with E-state index in [1.807, 2.05) is 0 Å². The largest absolute Gasteiger partial charge is 0.507 e. The molecule has 1 aromatic carbocycles. The third-order valence-electron chi connectivity index (χ3n) is 4.25. The number of cyclic esters (lactones) is 1. The van der Waals surface area contributed by atoms with Gasteiger partial charge in [0.1, 0.15) is 23.7 Å². The highest BCUT2D eigenvalue weighted by Gasteiger charge is 2.34. The number of rotatable bonds is 5. The minimum absolute atomic E-state index is 0.0703. The number of methoxy groups -OCH3 is 1. The van der Waals surface area contributed by atoms with Crippen molar-refractivity contribution in [1.29, 1.82) is 0 Å². The molecule has 0 saturated heterocycles. The van der Waals surface area contributed by atoms with Gasteiger partial charge in [-0.25, -0.2) is 9.59 Å². The summed E-state index contributed by atoms with van der Waals surface area (Å²) in [6.07, 6.45) is -1.41. The van der Waals surface area contributed by atoms with Crippen LogP contribution in [0.25, 0.3) is 11.0 Å². The lowest BCUT2D eigenvalue weighted by molar-refractivity contribution is 0.0518. The van der Waals surface area contributed by atoms with E-state index in [-0.39, 0.29) is 40.0 Å². The molecule has 1 aliphatic heterocycles. The zero-order valence-corrected chi connectivity index (χ0v) is 13.2. The van der Waals surface area contributed by atoms with Gasteiger partial charge in [0, 0.05) is 23.1 Å². The van der Waals surface area contributed by atoms with Crippen molar-refractivity contribution in [3.05, 3.63) is 33.2 Å². The normalized spacial score (nSPS) is 15.8. The van der Waals surface area contributed by atoms with Crippen molar-refractivity contribution in [3.63, 3.8) is 0 Å². The molecular weight excluding hydrogens is 336 g/mol. The number of aliphatic hydroxyl groups is 3. The van der Waals surface area contributed by atoms with E-state index in [1.165, 1.54) is 13.2 Å². The quantitative estimate of drug-likeness (QED) is 0.417. The number of aromatic hydroxyl groups is 1. The van der Waals surface area contributed by atoms with Crippen LogP contribution in [0, 0.1) is 0 Å². The second kappa shape index (κ2) is 6.36. The Morgan fingerprint density at radius 1 is 1.28 bits per heavy atom. The van der Waals surface area contributed by atoms with Crippen molar-refractivity contribution in [2.75, 3.05) is 20.3 Å². The Balaban J connectivity index is 2.44. The summed E-state index contributed by atoms with van der Waals surface area (Å²) in [5, 5.41) is 39.2. The fourth-order valence-corrected chi connectivity index (χ4v) is 3.03. The third-order valence-corrected chi connectivity index (χ3v) is 4.25. The van der Waals surface area contributed by atoms with Crippen LogP contribution < -0.4 is 10.4 Å². The second-order valence-electron chi connectivity index (χ2n) is 5.57. The number of phenols is 1. The first-order valence-electron chi connectivity index (χ1n) is 7.41. The van der Waals surface area contributed by atoms with E-state index in [4.69, 9.17) is 13.9 Å². The Morgan fingerprint density at radius 2 is 2.00 bits per heavy atom. The number of benzene rings is 1. The van der Waals surface area contributed by atoms with Gasteiger partial charge in [0.2, 0.25) is 0 Å². The van der Waals surface area contributed by atoms with Gasteiger partial charge in [-0.15, -0.1) is 0 Å². The molecule has 25 heavy (non-hydrogen) atoms. The number of hydrogen-bond acceptors (Lipinski definition) is 9. The Kier molecular flexibility index (Phi) is 4.38. The summed E-state index contributed by atoms with van der Waals surface area (Å²) >= 11 is 0. The molecule has 0 spiro atoms. The van der Waals surface area contributed by atoms with Crippen LogP contribution in [0.5, 0.6) is 11.5 Å². The molecule has 2 aromatic rings. The lowest BCUT2D eigenvalue weighted by Gasteiger charge is -2.22. The van der Waals surface area contributed by atoms with Crippen molar-refractivity contribution in [2.24, 2.45) is 0 Å². The van der Waals surface area contributed by atoms with Crippen LogP contribution in [0.4, 0.5) is 0 Å². The molecule has 2 unspecified atom stereocenters.